The van der Waals surface area contributed by atoms with Crippen LogP contribution in [0.2, 0.25) is 0 Å². The van der Waals surface area contributed by atoms with E-state index in [4.69, 9.17) is 0 Å². The Morgan fingerprint density at radius 1 is 1.30 bits per heavy atom. The molecule has 0 bridgehead atoms. The minimum Gasteiger partial charge on any atom is -0.0586 e. The van der Waals surface area contributed by atoms with Crippen LogP contribution in [0.1, 0.15) is 13.3 Å². The molecule has 0 spiro atoms. The fourth-order valence-electron chi connectivity index (χ4n) is 0.798. The number of likely N-dealkylation sites (N-methyl/N-ethyl adjacent to an activating group) is 2. The van der Waals surface area contributed by atoms with Crippen LogP contribution in [0.15, 0.2) is 0 Å². The van der Waals surface area contributed by atoms with Crippen LogP contribution in [-0.4, -0.2) is 36.2 Å². The number of hydrogen-bond acceptors (Lipinski definition) is 2. The SMILES string of the molecule is CCC(C[N+](C)=O)[N+](C)=O. The monoisotopic (exact) mass is 146 g/mol. The van der Waals surface area contributed by atoms with Crippen LogP contribution in [0.3, 0.4) is 0 Å². The lowest BCUT2D eigenvalue weighted by Gasteiger charge is -1.95. The number of hydrogen-bond donors (Lipinski definition) is 0. The van der Waals surface area contributed by atoms with Crippen LogP contribution in [0.25, 0.3) is 0 Å². The maximum atomic E-state index is 10.7. The van der Waals surface area contributed by atoms with Crippen molar-refractivity contribution in [2.24, 2.45) is 0 Å². The predicted molar refractivity (Wildman–Crippen MR) is 38.0 cm³/mol. The molecule has 0 aliphatic carbocycles. The minimum atomic E-state index is -0.164. The van der Waals surface area contributed by atoms with E-state index in [2.05, 4.69) is 0 Å². The lowest BCUT2D eigenvalue weighted by Crippen LogP contribution is -2.28. The second-order valence-electron chi connectivity index (χ2n) is 2.42. The Balaban J connectivity index is 3.83. The van der Waals surface area contributed by atoms with Gasteiger partial charge in [0.1, 0.15) is 0 Å². The van der Waals surface area contributed by atoms with Crippen molar-refractivity contribution in [1.29, 1.82) is 0 Å². The van der Waals surface area contributed by atoms with E-state index in [9.17, 15) is 9.81 Å². The first kappa shape index (κ1) is 9.20. The highest BCUT2D eigenvalue weighted by Crippen LogP contribution is 1.94. The van der Waals surface area contributed by atoms with Crippen LogP contribution < -0.4 is 0 Å². The van der Waals surface area contributed by atoms with Crippen LogP contribution in [0, 0.1) is 9.81 Å². The van der Waals surface area contributed by atoms with Gasteiger partial charge in [-0.1, -0.05) is 6.92 Å². The molecule has 0 aromatic rings. The van der Waals surface area contributed by atoms with Crippen LogP contribution in [0.4, 0.5) is 0 Å². The third-order valence-electron chi connectivity index (χ3n) is 1.45. The second kappa shape index (κ2) is 4.09. The summed E-state index contributed by atoms with van der Waals surface area (Å²) in [5.74, 6) is 0. The summed E-state index contributed by atoms with van der Waals surface area (Å²) in [6, 6.07) is -0.164. The maximum absolute atomic E-state index is 10.7. The van der Waals surface area contributed by atoms with E-state index in [0.717, 1.165) is 9.52 Å². The van der Waals surface area contributed by atoms with Crippen molar-refractivity contribution in [2.45, 2.75) is 19.4 Å². The largest absolute Gasteiger partial charge is 0.262 e. The van der Waals surface area contributed by atoms with E-state index >= 15 is 0 Å². The van der Waals surface area contributed by atoms with Gasteiger partial charge in [-0.05, 0) is 0 Å². The summed E-state index contributed by atoms with van der Waals surface area (Å²) in [5, 5.41) is 0. The zero-order valence-electron chi connectivity index (χ0n) is 6.70. The van der Waals surface area contributed by atoms with Gasteiger partial charge in [-0.3, -0.25) is 0 Å². The van der Waals surface area contributed by atoms with E-state index in [1.807, 2.05) is 6.92 Å². The molecular weight excluding hydrogens is 132 g/mol. The van der Waals surface area contributed by atoms with Crippen molar-refractivity contribution in [1.82, 2.24) is 0 Å². The van der Waals surface area contributed by atoms with E-state index in [-0.39, 0.29) is 12.6 Å². The molecule has 10 heavy (non-hydrogen) atoms. The summed E-state index contributed by atoms with van der Waals surface area (Å²) in [7, 11) is 2.86. The molecule has 0 fully saturated rings. The molecule has 0 radical (unpaired) electrons. The summed E-state index contributed by atoms with van der Waals surface area (Å²) in [6.45, 7) is 2.18. The van der Waals surface area contributed by atoms with Gasteiger partial charge in [-0.25, -0.2) is 0 Å². The number of rotatable bonds is 4. The van der Waals surface area contributed by atoms with Gasteiger partial charge in [-0.2, -0.15) is 0 Å². The molecule has 1 atom stereocenters. The standard InChI is InChI=1S/C6H14N2O2/c1-4-6(8(3)10)5-7(2)9/h6H,4-5H2,1-3H3/q+2. The van der Waals surface area contributed by atoms with Crippen molar-refractivity contribution < 1.29 is 9.52 Å². The quantitative estimate of drug-likeness (QED) is 0.544. The number of nitrogens with zero attached hydrogens (tertiary/aromatic N) is 2. The average Bonchev–Trinajstić information content (AvgIpc) is 1.81. The van der Waals surface area contributed by atoms with Gasteiger partial charge in [0.25, 0.3) is 12.6 Å². The first-order valence-electron chi connectivity index (χ1n) is 3.36. The lowest BCUT2D eigenvalue weighted by atomic mass is 10.2. The summed E-state index contributed by atoms with van der Waals surface area (Å²) >= 11 is 0. The minimum absolute atomic E-state index is 0.164. The first-order chi connectivity index (χ1) is 4.57. The molecule has 1 unspecified atom stereocenters. The molecule has 4 heteroatoms. The zero-order chi connectivity index (χ0) is 8.15. The van der Waals surface area contributed by atoms with E-state index < -0.39 is 0 Å². The third-order valence-corrected chi connectivity index (χ3v) is 1.45. The summed E-state index contributed by atoms with van der Waals surface area (Å²) in [6.07, 6.45) is 0.715. The molecule has 0 aliphatic rings. The molecule has 58 valence electrons. The Hall–Kier alpha value is -0.800. The Morgan fingerprint density at radius 3 is 1.90 bits per heavy atom. The average molecular weight is 146 g/mol. The van der Waals surface area contributed by atoms with Crippen molar-refractivity contribution in [2.75, 3.05) is 20.6 Å². The molecule has 0 rings (SSSR count). The van der Waals surface area contributed by atoms with E-state index in [1.54, 1.807) is 0 Å². The highest BCUT2D eigenvalue weighted by molar-refractivity contribution is 4.46. The van der Waals surface area contributed by atoms with E-state index in [0.29, 0.717) is 6.42 Å². The van der Waals surface area contributed by atoms with Gasteiger partial charge < -0.3 is 0 Å². The molecule has 0 aromatic heterocycles. The predicted octanol–water partition coefficient (Wildman–Crippen LogP) is 0.582. The zero-order valence-corrected chi connectivity index (χ0v) is 6.70. The Bertz CT molecular complexity index is 145. The van der Waals surface area contributed by atoms with Gasteiger partial charge in [0.2, 0.25) is 0 Å². The summed E-state index contributed by atoms with van der Waals surface area (Å²) in [4.78, 5) is 21.1. The van der Waals surface area contributed by atoms with Crippen molar-refractivity contribution in [3.8, 4) is 0 Å². The van der Waals surface area contributed by atoms with Crippen molar-refractivity contribution in [3.05, 3.63) is 9.81 Å². The second-order valence-corrected chi connectivity index (χ2v) is 2.42. The maximum Gasteiger partial charge on any atom is 0.262 e. The van der Waals surface area contributed by atoms with Crippen LogP contribution in [-0.2, 0) is 0 Å². The fourth-order valence-corrected chi connectivity index (χ4v) is 0.798. The van der Waals surface area contributed by atoms with Gasteiger partial charge in [-0.15, -0.1) is 0 Å². The highest BCUT2D eigenvalue weighted by atomic mass is 16.3. The highest BCUT2D eigenvalue weighted by Gasteiger charge is 2.24. The summed E-state index contributed by atoms with van der Waals surface area (Å²) in [5.41, 5.74) is 0. The Kier molecular flexibility index (Phi) is 3.76. The van der Waals surface area contributed by atoms with E-state index in [1.165, 1.54) is 14.1 Å². The smallest absolute Gasteiger partial charge is 0.0586 e. The molecule has 0 N–H and O–H groups in total. The van der Waals surface area contributed by atoms with Gasteiger partial charge in [0.15, 0.2) is 14.1 Å². The first-order valence-corrected chi connectivity index (χ1v) is 3.36. The molecule has 4 nitrogen and oxygen atoms in total. The lowest BCUT2D eigenvalue weighted by molar-refractivity contribution is -0.622. The third kappa shape index (κ3) is 3.27. The van der Waals surface area contributed by atoms with Crippen molar-refractivity contribution in [3.63, 3.8) is 0 Å². The molecule has 0 saturated carbocycles. The van der Waals surface area contributed by atoms with Gasteiger partial charge in [0.05, 0.1) is 0 Å². The molecule has 0 heterocycles. The topological polar surface area (TPSA) is 40.2 Å². The Morgan fingerprint density at radius 2 is 1.80 bits per heavy atom. The Labute approximate surface area is 60.4 Å². The van der Waals surface area contributed by atoms with Gasteiger partial charge in [0, 0.05) is 25.8 Å². The van der Waals surface area contributed by atoms with Crippen LogP contribution >= 0.6 is 0 Å². The van der Waals surface area contributed by atoms with Crippen LogP contribution in [0.5, 0.6) is 0 Å². The molecular formula is C6H14N2O2+2. The normalized spacial score (nSPS) is 12.7. The van der Waals surface area contributed by atoms with Gasteiger partial charge >= 0.3 is 0 Å². The molecule has 0 aliphatic heterocycles. The molecule has 0 amide bonds. The summed E-state index contributed by atoms with van der Waals surface area (Å²) < 4.78 is 1.61. The fraction of sp³-hybridized carbons (Fsp3) is 1.00. The van der Waals surface area contributed by atoms with Crippen molar-refractivity contribution >= 4 is 0 Å². The molecule has 0 saturated heterocycles. The number of nitroso groups, excluding NO2 is 2. The molecule has 0 aromatic carbocycles.